The number of hydrogen-bond donors (Lipinski definition) is 1. The van der Waals surface area contributed by atoms with E-state index in [0.29, 0.717) is 6.61 Å². The number of benzene rings is 1. The van der Waals surface area contributed by atoms with Crippen molar-refractivity contribution in [2.24, 2.45) is 5.92 Å². The van der Waals surface area contributed by atoms with Gasteiger partial charge in [-0.25, -0.2) is 0 Å². The van der Waals surface area contributed by atoms with Crippen LogP contribution in [0.4, 0.5) is 0 Å². The van der Waals surface area contributed by atoms with Crippen molar-refractivity contribution in [3.8, 4) is 0 Å². The van der Waals surface area contributed by atoms with Gasteiger partial charge < -0.3 is 10.1 Å². The highest BCUT2D eigenvalue weighted by molar-refractivity contribution is 5.74. The van der Waals surface area contributed by atoms with Crippen LogP contribution in [-0.2, 0) is 16.0 Å². The molecule has 1 aromatic rings. The van der Waals surface area contributed by atoms with Crippen molar-refractivity contribution in [1.29, 1.82) is 0 Å². The first-order valence-electron chi connectivity index (χ1n) is 6.73. The van der Waals surface area contributed by atoms with E-state index < -0.39 is 0 Å². The van der Waals surface area contributed by atoms with Crippen LogP contribution in [0.3, 0.4) is 0 Å². The van der Waals surface area contributed by atoms with Gasteiger partial charge in [-0.2, -0.15) is 0 Å². The van der Waals surface area contributed by atoms with Crippen LogP contribution in [0.15, 0.2) is 24.3 Å². The van der Waals surface area contributed by atoms with Gasteiger partial charge in [0.15, 0.2) is 0 Å². The van der Waals surface area contributed by atoms with Gasteiger partial charge in [-0.05, 0) is 24.5 Å². The van der Waals surface area contributed by atoms with E-state index >= 15 is 0 Å². The lowest BCUT2D eigenvalue weighted by atomic mass is 9.85. The van der Waals surface area contributed by atoms with Gasteiger partial charge in [0.1, 0.15) is 0 Å². The number of hydrogen-bond acceptors (Lipinski definition) is 3. The first kappa shape index (κ1) is 13.1. The molecule has 1 fully saturated rings. The summed E-state index contributed by atoms with van der Waals surface area (Å²) in [6.45, 7) is 6.05. The lowest BCUT2D eigenvalue weighted by molar-refractivity contribution is -0.147. The average molecular weight is 247 g/mol. The summed E-state index contributed by atoms with van der Waals surface area (Å²) >= 11 is 0. The normalized spacial score (nSPS) is 23.0. The molecular formula is C15H21NO2. The van der Waals surface area contributed by atoms with E-state index in [9.17, 15) is 4.79 Å². The van der Waals surface area contributed by atoms with Crippen LogP contribution in [0.2, 0.25) is 0 Å². The summed E-state index contributed by atoms with van der Waals surface area (Å²) < 4.78 is 5.17. The molecule has 0 radical (unpaired) electrons. The van der Waals surface area contributed by atoms with E-state index in [0.717, 1.165) is 19.5 Å². The summed E-state index contributed by atoms with van der Waals surface area (Å²) in [5, 5.41) is 3.31. The Labute approximate surface area is 109 Å². The van der Waals surface area contributed by atoms with Crippen LogP contribution in [0.25, 0.3) is 0 Å². The summed E-state index contributed by atoms with van der Waals surface area (Å²) in [4.78, 5) is 12.0. The van der Waals surface area contributed by atoms with E-state index in [4.69, 9.17) is 4.74 Å². The molecule has 1 N–H and O–H groups in total. The molecule has 0 bridgehead atoms. The van der Waals surface area contributed by atoms with Gasteiger partial charge in [0.2, 0.25) is 0 Å². The Balaban J connectivity index is 2.23. The number of carbonyl (C=O) groups excluding carboxylic acids is 1. The monoisotopic (exact) mass is 247 g/mol. The number of ether oxygens (including phenoxy) is 1. The zero-order chi connectivity index (χ0) is 13.0. The molecule has 0 aliphatic carbocycles. The molecule has 2 atom stereocenters. The molecule has 1 aliphatic heterocycles. The van der Waals surface area contributed by atoms with Gasteiger partial charge >= 0.3 is 5.97 Å². The molecule has 2 rings (SSSR count). The highest BCUT2D eigenvalue weighted by atomic mass is 16.5. The predicted octanol–water partition coefficient (Wildman–Crippen LogP) is 2.12. The van der Waals surface area contributed by atoms with E-state index in [1.807, 2.05) is 6.92 Å². The van der Waals surface area contributed by atoms with Crippen molar-refractivity contribution in [3.63, 3.8) is 0 Å². The molecule has 18 heavy (non-hydrogen) atoms. The van der Waals surface area contributed by atoms with Gasteiger partial charge in [0.25, 0.3) is 0 Å². The van der Waals surface area contributed by atoms with Crippen LogP contribution < -0.4 is 5.32 Å². The second-order valence-corrected chi connectivity index (χ2v) is 4.68. The third-order valence-corrected chi connectivity index (χ3v) is 3.64. The van der Waals surface area contributed by atoms with Crippen molar-refractivity contribution in [3.05, 3.63) is 35.4 Å². The number of esters is 1. The molecule has 0 spiro atoms. The molecule has 1 aromatic carbocycles. The molecule has 0 amide bonds. The fourth-order valence-electron chi connectivity index (χ4n) is 2.72. The Kier molecular flexibility index (Phi) is 4.37. The van der Waals surface area contributed by atoms with E-state index in [1.165, 1.54) is 11.1 Å². The van der Waals surface area contributed by atoms with Crippen molar-refractivity contribution in [2.45, 2.75) is 26.2 Å². The Hall–Kier alpha value is -1.35. The van der Waals surface area contributed by atoms with Crippen molar-refractivity contribution < 1.29 is 9.53 Å². The van der Waals surface area contributed by atoms with Crippen LogP contribution in [0, 0.1) is 5.92 Å². The van der Waals surface area contributed by atoms with E-state index in [-0.39, 0.29) is 17.8 Å². The third-order valence-electron chi connectivity index (χ3n) is 3.64. The lowest BCUT2D eigenvalue weighted by Crippen LogP contribution is -2.24. The Morgan fingerprint density at radius 2 is 2.11 bits per heavy atom. The fraction of sp³-hybridized carbons (Fsp3) is 0.533. The molecule has 3 nitrogen and oxygen atoms in total. The summed E-state index contributed by atoms with van der Waals surface area (Å²) in [5.41, 5.74) is 2.63. The predicted molar refractivity (Wildman–Crippen MR) is 71.6 cm³/mol. The van der Waals surface area contributed by atoms with E-state index in [2.05, 4.69) is 36.5 Å². The standard InChI is InChI=1S/C15H21NO2/c1-3-11-7-5-6-8-12(11)13-9-16-10-14(13)15(17)18-4-2/h5-8,13-14,16H,3-4,9-10H2,1-2H3. The number of nitrogens with one attached hydrogen (secondary N) is 1. The van der Waals surface area contributed by atoms with Gasteiger partial charge in [0, 0.05) is 19.0 Å². The zero-order valence-electron chi connectivity index (χ0n) is 11.1. The highest BCUT2D eigenvalue weighted by Crippen LogP contribution is 2.31. The van der Waals surface area contributed by atoms with Gasteiger partial charge in [0.05, 0.1) is 12.5 Å². The summed E-state index contributed by atoms with van der Waals surface area (Å²) in [7, 11) is 0. The minimum atomic E-state index is -0.0709. The van der Waals surface area contributed by atoms with Crippen LogP contribution in [0.1, 0.15) is 30.9 Å². The Bertz CT molecular complexity index is 417. The SMILES string of the molecule is CCOC(=O)C1CNCC1c1ccccc1CC. The van der Waals surface area contributed by atoms with Gasteiger partial charge in [-0.3, -0.25) is 4.79 Å². The summed E-state index contributed by atoms with van der Waals surface area (Å²) in [6, 6.07) is 8.40. The molecule has 1 heterocycles. The third kappa shape index (κ3) is 2.56. The Morgan fingerprint density at radius 1 is 1.33 bits per heavy atom. The number of rotatable bonds is 4. The minimum Gasteiger partial charge on any atom is -0.466 e. The smallest absolute Gasteiger partial charge is 0.310 e. The summed E-state index contributed by atoms with van der Waals surface area (Å²) in [5.74, 6) is 0.135. The maximum atomic E-state index is 12.0. The van der Waals surface area contributed by atoms with Gasteiger partial charge in [-0.1, -0.05) is 31.2 Å². The van der Waals surface area contributed by atoms with Gasteiger partial charge in [-0.15, -0.1) is 0 Å². The second-order valence-electron chi connectivity index (χ2n) is 4.68. The summed E-state index contributed by atoms with van der Waals surface area (Å²) in [6.07, 6.45) is 1.00. The minimum absolute atomic E-state index is 0.0438. The van der Waals surface area contributed by atoms with Crippen molar-refractivity contribution in [1.82, 2.24) is 5.32 Å². The maximum absolute atomic E-state index is 12.0. The molecule has 98 valence electrons. The highest BCUT2D eigenvalue weighted by Gasteiger charge is 2.35. The molecular weight excluding hydrogens is 226 g/mol. The first-order valence-corrected chi connectivity index (χ1v) is 6.73. The molecule has 1 saturated heterocycles. The van der Waals surface area contributed by atoms with Crippen molar-refractivity contribution >= 4 is 5.97 Å². The fourth-order valence-corrected chi connectivity index (χ4v) is 2.72. The maximum Gasteiger partial charge on any atom is 0.310 e. The van der Waals surface area contributed by atoms with Crippen LogP contribution in [-0.4, -0.2) is 25.7 Å². The largest absolute Gasteiger partial charge is 0.466 e. The zero-order valence-corrected chi connectivity index (χ0v) is 11.1. The van der Waals surface area contributed by atoms with Crippen molar-refractivity contribution in [2.75, 3.05) is 19.7 Å². The molecule has 0 aromatic heterocycles. The van der Waals surface area contributed by atoms with Crippen LogP contribution >= 0.6 is 0 Å². The second kappa shape index (κ2) is 6.01. The number of carbonyl (C=O) groups is 1. The average Bonchev–Trinajstić information content (AvgIpc) is 2.88. The molecule has 2 unspecified atom stereocenters. The lowest BCUT2D eigenvalue weighted by Gasteiger charge is -2.20. The molecule has 3 heteroatoms. The molecule has 0 saturated carbocycles. The first-order chi connectivity index (χ1) is 8.77. The topological polar surface area (TPSA) is 38.3 Å². The molecule has 1 aliphatic rings. The number of aryl methyl sites for hydroxylation is 1. The van der Waals surface area contributed by atoms with Crippen LogP contribution in [0.5, 0.6) is 0 Å². The van der Waals surface area contributed by atoms with E-state index in [1.54, 1.807) is 0 Å². The Morgan fingerprint density at radius 3 is 2.83 bits per heavy atom. The quantitative estimate of drug-likeness (QED) is 0.828.